The molecule has 0 aliphatic heterocycles. The van der Waals surface area contributed by atoms with Crippen molar-refractivity contribution in [1.82, 2.24) is 10.6 Å². The van der Waals surface area contributed by atoms with Gasteiger partial charge in [0.05, 0.1) is 6.61 Å². The van der Waals surface area contributed by atoms with Gasteiger partial charge < -0.3 is 20.8 Å². The summed E-state index contributed by atoms with van der Waals surface area (Å²) in [5.74, 6) is -1.03. The van der Waals surface area contributed by atoms with E-state index in [9.17, 15) is 13.8 Å². The van der Waals surface area contributed by atoms with Crippen molar-refractivity contribution >= 4 is 22.8 Å². The lowest BCUT2D eigenvalue weighted by Gasteiger charge is -2.16. The van der Waals surface area contributed by atoms with Crippen LogP contribution >= 0.6 is 0 Å². The van der Waals surface area contributed by atoms with Gasteiger partial charge in [0.1, 0.15) is 0 Å². The molecule has 2 unspecified atom stereocenters. The van der Waals surface area contributed by atoms with Crippen LogP contribution in [0.25, 0.3) is 0 Å². The fourth-order valence-corrected chi connectivity index (χ4v) is 1.79. The number of carbonyl (C=O) groups excluding carboxylic acids is 1. The molecule has 0 aromatic carbocycles. The normalized spacial score (nSPS) is 15.9. The van der Waals surface area contributed by atoms with Crippen LogP contribution in [0.2, 0.25) is 0 Å². The second kappa shape index (κ2) is 7.18. The van der Waals surface area contributed by atoms with Gasteiger partial charge in [0.15, 0.2) is 6.04 Å². The first kappa shape index (κ1) is 14.8. The van der Waals surface area contributed by atoms with Gasteiger partial charge in [-0.3, -0.25) is 4.21 Å². The molecule has 7 nitrogen and oxygen atoms in total. The summed E-state index contributed by atoms with van der Waals surface area (Å²) < 4.78 is 10.8. The smallest absolute Gasteiger partial charge is 0.328 e. The highest BCUT2D eigenvalue weighted by molar-refractivity contribution is 7.84. The van der Waals surface area contributed by atoms with Crippen LogP contribution in [0.15, 0.2) is 0 Å². The highest BCUT2D eigenvalue weighted by atomic mass is 32.2. The molecular formula is C8H16N2O5S. The number of carboxylic acid groups (broad SMARTS) is 1. The lowest BCUT2D eigenvalue weighted by molar-refractivity contribution is -0.140. The molecule has 16 heavy (non-hydrogen) atoms. The summed E-state index contributed by atoms with van der Waals surface area (Å²) in [6.07, 6.45) is 1.50. The molecule has 4 N–H and O–H groups in total. The van der Waals surface area contributed by atoms with E-state index in [0.717, 1.165) is 0 Å². The third-order valence-electron chi connectivity index (χ3n) is 1.65. The van der Waals surface area contributed by atoms with Crippen molar-refractivity contribution in [3.05, 3.63) is 0 Å². The first-order chi connectivity index (χ1) is 7.36. The van der Waals surface area contributed by atoms with Crippen LogP contribution in [-0.4, -0.2) is 57.1 Å². The Kier molecular flexibility index (Phi) is 6.66. The van der Waals surface area contributed by atoms with Gasteiger partial charge in [-0.1, -0.05) is 0 Å². The maximum Gasteiger partial charge on any atom is 0.328 e. The van der Waals surface area contributed by atoms with Crippen LogP contribution in [-0.2, 0) is 15.6 Å². The molecule has 0 fully saturated rings. The number of aliphatic hydroxyl groups is 1. The number of nitrogens with one attached hydrogen (secondary N) is 2. The molecule has 0 rings (SSSR count). The summed E-state index contributed by atoms with van der Waals surface area (Å²) >= 11 is 0. The number of hydrogen-bond acceptors (Lipinski definition) is 4. The molecule has 0 radical (unpaired) electrons. The monoisotopic (exact) mass is 252 g/mol. The Morgan fingerprint density at radius 3 is 2.31 bits per heavy atom. The van der Waals surface area contributed by atoms with E-state index in [4.69, 9.17) is 10.2 Å². The maximum absolute atomic E-state index is 11.2. The SMILES string of the molecule is CC(CS(C)=O)NC(=O)N[C@H](CO)C(=O)O. The van der Waals surface area contributed by atoms with E-state index >= 15 is 0 Å². The predicted molar refractivity (Wildman–Crippen MR) is 58.6 cm³/mol. The second-order valence-corrected chi connectivity index (χ2v) is 4.81. The first-order valence-electron chi connectivity index (χ1n) is 4.57. The number of carboxylic acids is 1. The highest BCUT2D eigenvalue weighted by Gasteiger charge is 2.19. The Bertz CT molecular complexity index is 284. The zero-order valence-electron chi connectivity index (χ0n) is 9.10. The molecule has 0 bridgehead atoms. The van der Waals surface area contributed by atoms with E-state index in [2.05, 4.69) is 10.6 Å². The van der Waals surface area contributed by atoms with E-state index < -0.39 is 35.4 Å². The topological polar surface area (TPSA) is 116 Å². The maximum atomic E-state index is 11.2. The van der Waals surface area contributed by atoms with Gasteiger partial charge >= 0.3 is 12.0 Å². The van der Waals surface area contributed by atoms with E-state index in [1.807, 2.05) is 0 Å². The molecule has 0 aromatic heterocycles. The minimum atomic E-state index is -1.33. The van der Waals surface area contributed by atoms with Crippen molar-refractivity contribution in [2.45, 2.75) is 19.0 Å². The fourth-order valence-electron chi connectivity index (χ4n) is 1.00. The summed E-state index contributed by atoms with van der Waals surface area (Å²) in [4.78, 5) is 21.7. The lowest BCUT2D eigenvalue weighted by atomic mass is 10.3. The van der Waals surface area contributed by atoms with Crippen LogP contribution in [0.1, 0.15) is 6.92 Å². The summed E-state index contributed by atoms with van der Waals surface area (Å²) in [5.41, 5.74) is 0. The van der Waals surface area contributed by atoms with Crippen LogP contribution in [0.5, 0.6) is 0 Å². The van der Waals surface area contributed by atoms with E-state index in [1.54, 1.807) is 6.92 Å². The minimum Gasteiger partial charge on any atom is -0.480 e. The molecule has 0 saturated carbocycles. The van der Waals surface area contributed by atoms with E-state index in [0.29, 0.717) is 0 Å². The van der Waals surface area contributed by atoms with Crippen LogP contribution in [0.3, 0.4) is 0 Å². The van der Waals surface area contributed by atoms with Gasteiger partial charge in [0.2, 0.25) is 0 Å². The number of carbonyl (C=O) groups is 2. The van der Waals surface area contributed by atoms with Gasteiger partial charge in [-0.05, 0) is 6.92 Å². The van der Waals surface area contributed by atoms with Crippen molar-refractivity contribution in [2.75, 3.05) is 18.6 Å². The van der Waals surface area contributed by atoms with Crippen molar-refractivity contribution in [2.24, 2.45) is 0 Å². The van der Waals surface area contributed by atoms with E-state index in [-0.39, 0.29) is 11.8 Å². The zero-order valence-corrected chi connectivity index (χ0v) is 9.91. The molecule has 94 valence electrons. The predicted octanol–water partition coefficient (Wildman–Crippen LogP) is -1.50. The van der Waals surface area contributed by atoms with Gasteiger partial charge in [0, 0.05) is 28.9 Å². The molecular weight excluding hydrogens is 236 g/mol. The van der Waals surface area contributed by atoms with Crippen molar-refractivity contribution in [3.63, 3.8) is 0 Å². The lowest BCUT2D eigenvalue weighted by Crippen LogP contribution is -2.50. The Balaban J connectivity index is 4.06. The van der Waals surface area contributed by atoms with Crippen molar-refractivity contribution < 1.29 is 24.0 Å². The number of aliphatic carboxylic acids is 1. The summed E-state index contributed by atoms with van der Waals surface area (Å²) in [5, 5.41) is 21.7. The number of aliphatic hydroxyl groups excluding tert-OH is 1. The Morgan fingerprint density at radius 2 is 1.94 bits per heavy atom. The van der Waals surface area contributed by atoms with Crippen molar-refractivity contribution in [1.29, 1.82) is 0 Å². The van der Waals surface area contributed by atoms with Crippen LogP contribution in [0.4, 0.5) is 4.79 Å². The number of amides is 2. The van der Waals surface area contributed by atoms with E-state index in [1.165, 1.54) is 6.26 Å². The first-order valence-corrected chi connectivity index (χ1v) is 6.30. The largest absolute Gasteiger partial charge is 0.480 e. The zero-order chi connectivity index (χ0) is 12.7. The molecule has 0 aliphatic rings. The standard InChI is InChI=1S/C8H16N2O5S/c1-5(4-16(2)15)9-8(14)10-6(3-11)7(12)13/h5-6,11H,3-4H2,1-2H3,(H,12,13)(H2,9,10,14)/t5?,6-,16?/m1/s1. The van der Waals surface area contributed by atoms with Crippen LogP contribution < -0.4 is 10.6 Å². The molecule has 0 heterocycles. The Labute approximate surface area is 95.7 Å². The highest BCUT2D eigenvalue weighted by Crippen LogP contribution is 1.87. The third kappa shape index (κ3) is 6.36. The Hall–Kier alpha value is -1.15. The molecule has 3 atom stereocenters. The molecule has 0 aliphatic carbocycles. The molecule has 2 amide bonds. The minimum absolute atomic E-state index is 0.282. The molecule has 0 spiro atoms. The summed E-state index contributed by atoms with van der Waals surface area (Å²) in [7, 11) is -1.04. The van der Waals surface area contributed by atoms with Crippen LogP contribution in [0, 0.1) is 0 Å². The molecule has 0 aromatic rings. The number of hydrogen-bond donors (Lipinski definition) is 4. The summed E-state index contributed by atoms with van der Waals surface area (Å²) in [6.45, 7) is 0.965. The van der Waals surface area contributed by atoms with Gasteiger partial charge in [0.25, 0.3) is 0 Å². The van der Waals surface area contributed by atoms with Gasteiger partial charge in [-0.25, -0.2) is 9.59 Å². The number of urea groups is 1. The second-order valence-electron chi connectivity index (χ2n) is 3.33. The summed E-state index contributed by atoms with van der Waals surface area (Å²) in [6, 6.07) is -2.38. The molecule has 8 heteroatoms. The average Bonchev–Trinajstić information content (AvgIpc) is 2.11. The van der Waals surface area contributed by atoms with Gasteiger partial charge in [-0.15, -0.1) is 0 Å². The van der Waals surface area contributed by atoms with Crippen molar-refractivity contribution in [3.8, 4) is 0 Å². The number of rotatable bonds is 6. The average molecular weight is 252 g/mol. The van der Waals surface area contributed by atoms with Gasteiger partial charge in [-0.2, -0.15) is 0 Å². The quantitative estimate of drug-likeness (QED) is 0.459. The Morgan fingerprint density at radius 1 is 1.38 bits per heavy atom. The molecule has 0 saturated heterocycles. The third-order valence-corrected chi connectivity index (χ3v) is 2.62. The fraction of sp³-hybridized carbons (Fsp3) is 0.750.